The standard InChI is InChI=1S/C13H21NO/c1-12-6-8-13(9-7-12)14(2)10-4-3-5-11-15/h6-9,15H,3-5,10-11H2,1-2H3. The van der Waals surface area contributed by atoms with Crippen LogP contribution in [-0.4, -0.2) is 25.3 Å². The summed E-state index contributed by atoms with van der Waals surface area (Å²) >= 11 is 0. The van der Waals surface area contributed by atoms with Gasteiger partial charge in [-0.15, -0.1) is 0 Å². The molecule has 1 N–H and O–H groups in total. The van der Waals surface area contributed by atoms with E-state index in [-0.39, 0.29) is 0 Å². The number of aryl methyl sites for hydroxylation is 1. The highest BCUT2D eigenvalue weighted by Gasteiger charge is 1.99. The lowest BCUT2D eigenvalue weighted by Crippen LogP contribution is -2.18. The Morgan fingerprint density at radius 2 is 1.73 bits per heavy atom. The van der Waals surface area contributed by atoms with Crippen molar-refractivity contribution >= 4 is 5.69 Å². The topological polar surface area (TPSA) is 23.5 Å². The molecule has 0 radical (unpaired) electrons. The van der Waals surface area contributed by atoms with Gasteiger partial charge in [0, 0.05) is 25.9 Å². The van der Waals surface area contributed by atoms with E-state index in [1.165, 1.54) is 11.3 Å². The summed E-state index contributed by atoms with van der Waals surface area (Å²) in [6, 6.07) is 8.59. The van der Waals surface area contributed by atoms with Crippen LogP contribution in [0.3, 0.4) is 0 Å². The molecule has 2 nitrogen and oxygen atoms in total. The SMILES string of the molecule is Cc1ccc(N(C)CCCCCO)cc1. The van der Waals surface area contributed by atoms with Gasteiger partial charge in [0.15, 0.2) is 0 Å². The van der Waals surface area contributed by atoms with Crippen molar-refractivity contribution < 1.29 is 5.11 Å². The fourth-order valence-electron chi connectivity index (χ4n) is 1.57. The third-order valence-corrected chi connectivity index (χ3v) is 2.63. The lowest BCUT2D eigenvalue weighted by atomic mass is 10.2. The van der Waals surface area contributed by atoms with Crippen LogP contribution in [0, 0.1) is 6.92 Å². The molecule has 0 unspecified atom stereocenters. The van der Waals surface area contributed by atoms with E-state index in [9.17, 15) is 0 Å². The highest BCUT2D eigenvalue weighted by molar-refractivity contribution is 5.46. The maximum atomic E-state index is 8.67. The maximum absolute atomic E-state index is 8.67. The predicted molar refractivity (Wildman–Crippen MR) is 65.4 cm³/mol. The molecular formula is C13H21NO. The zero-order valence-electron chi connectivity index (χ0n) is 9.74. The molecule has 1 rings (SSSR count). The van der Waals surface area contributed by atoms with Crippen LogP contribution in [0.4, 0.5) is 5.69 Å². The van der Waals surface area contributed by atoms with Crippen LogP contribution in [-0.2, 0) is 0 Å². The van der Waals surface area contributed by atoms with Gasteiger partial charge >= 0.3 is 0 Å². The second-order valence-corrected chi connectivity index (χ2v) is 4.04. The Hall–Kier alpha value is -1.02. The molecule has 15 heavy (non-hydrogen) atoms. The van der Waals surface area contributed by atoms with Gasteiger partial charge in [-0.1, -0.05) is 17.7 Å². The molecule has 0 fully saturated rings. The smallest absolute Gasteiger partial charge is 0.0431 e. The molecule has 0 atom stereocenters. The Morgan fingerprint density at radius 1 is 1.07 bits per heavy atom. The number of aliphatic hydroxyl groups excluding tert-OH is 1. The second kappa shape index (κ2) is 6.46. The first kappa shape index (κ1) is 12.1. The molecule has 0 aromatic heterocycles. The van der Waals surface area contributed by atoms with E-state index in [0.717, 1.165) is 25.8 Å². The van der Waals surface area contributed by atoms with Crippen LogP contribution in [0.5, 0.6) is 0 Å². The summed E-state index contributed by atoms with van der Waals surface area (Å²) in [7, 11) is 2.11. The van der Waals surface area contributed by atoms with Gasteiger partial charge in [-0.2, -0.15) is 0 Å². The molecule has 0 saturated heterocycles. The van der Waals surface area contributed by atoms with E-state index in [4.69, 9.17) is 5.11 Å². The van der Waals surface area contributed by atoms with Crippen molar-refractivity contribution in [2.45, 2.75) is 26.2 Å². The Bertz CT molecular complexity index is 268. The van der Waals surface area contributed by atoms with E-state index < -0.39 is 0 Å². The fourth-order valence-corrected chi connectivity index (χ4v) is 1.57. The van der Waals surface area contributed by atoms with Crippen molar-refractivity contribution in [1.29, 1.82) is 0 Å². The number of rotatable bonds is 6. The summed E-state index contributed by atoms with van der Waals surface area (Å²) in [5.74, 6) is 0. The van der Waals surface area contributed by atoms with E-state index in [0.29, 0.717) is 6.61 Å². The van der Waals surface area contributed by atoms with Gasteiger partial charge < -0.3 is 10.0 Å². The Balaban J connectivity index is 2.33. The van der Waals surface area contributed by atoms with Crippen LogP contribution in [0.1, 0.15) is 24.8 Å². The summed E-state index contributed by atoms with van der Waals surface area (Å²) in [6.45, 7) is 3.47. The van der Waals surface area contributed by atoms with Gasteiger partial charge in [0.2, 0.25) is 0 Å². The summed E-state index contributed by atoms with van der Waals surface area (Å²) in [5.41, 5.74) is 2.57. The highest BCUT2D eigenvalue weighted by Crippen LogP contribution is 2.13. The molecule has 0 aliphatic rings. The molecule has 0 aliphatic carbocycles. The van der Waals surface area contributed by atoms with Crippen LogP contribution in [0.25, 0.3) is 0 Å². The van der Waals surface area contributed by atoms with Gasteiger partial charge in [0.05, 0.1) is 0 Å². The third kappa shape index (κ3) is 4.34. The van der Waals surface area contributed by atoms with Crippen molar-refractivity contribution in [3.63, 3.8) is 0 Å². The minimum atomic E-state index is 0.314. The van der Waals surface area contributed by atoms with Crippen LogP contribution >= 0.6 is 0 Å². The van der Waals surface area contributed by atoms with Crippen molar-refractivity contribution in [3.8, 4) is 0 Å². The van der Waals surface area contributed by atoms with Crippen LogP contribution in [0.2, 0.25) is 0 Å². The molecule has 0 aliphatic heterocycles. The van der Waals surface area contributed by atoms with Crippen molar-refractivity contribution in [1.82, 2.24) is 0 Å². The van der Waals surface area contributed by atoms with Gasteiger partial charge in [-0.3, -0.25) is 0 Å². The molecule has 1 aromatic rings. The molecule has 0 saturated carbocycles. The normalized spacial score (nSPS) is 10.3. The van der Waals surface area contributed by atoms with E-state index in [2.05, 4.69) is 43.1 Å². The lowest BCUT2D eigenvalue weighted by Gasteiger charge is -2.19. The van der Waals surface area contributed by atoms with Gasteiger partial charge in [-0.25, -0.2) is 0 Å². The summed E-state index contributed by atoms with van der Waals surface area (Å²) in [4.78, 5) is 2.26. The third-order valence-electron chi connectivity index (χ3n) is 2.63. The zero-order chi connectivity index (χ0) is 11.1. The lowest BCUT2D eigenvalue weighted by molar-refractivity contribution is 0.283. The summed E-state index contributed by atoms with van der Waals surface area (Å²) in [5, 5.41) is 8.67. The monoisotopic (exact) mass is 207 g/mol. The Morgan fingerprint density at radius 3 is 2.33 bits per heavy atom. The second-order valence-electron chi connectivity index (χ2n) is 4.04. The molecule has 2 heteroatoms. The molecule has 0 bridgehead atoms. The molecular weight excluding hydrogens is 186 g/mol. The van der Waals surface area contributed by atoms with Crippen molar-refractivity contribution in [3.05, 3.63) is 29.8 Å². The predicted octanol–water partition coefficient (Wildman–Crippen LogP) is 2.59. The average molecular weight is 207 g/mol. The van der Waals surface area contributed by atoms with Crippen LogP contribution in [0.15, 0.2) is 24.3 Å². The minimum Gasteiger partial charge on any atom is -0.396 e. The summed E-state index contributed by atoms with van der Waals surface area (Å²) < 4.78 is 0. The molecule has 84 valence electrons. The number of anilines is 1. The van der Waals surface area contributed by atoms with Crippen molar-refractivity contribution in [2.75, 3.05) is 25.1 Å². The van der Waals surface area contributed by atoms with Gasteiger partial charge in [-0.05, 0) is 38.3 Å². The first-order valence-corrected chi connectivity index (χ1v) is 5.62. The number of unbranched alkanes of at least 4 members (excludes halogenated alkanes) is 2. The number of aliphatic hydroxyl groups is 1. The quantitative estimate of drug-likeness (QED) is 0.725. The first-order chi connectivity index (χ1) is 7.24. The molecule has 1 aromatic carbocycles. The van der Waals surface area contributed by atoms with E-state index >= 15 is 0 Å². The average Bonchev–Trinajstić information content (AvgIpc) is 2.25. The molecule has 0 spiro atoms. The Labute approximate surface area is 92.5 Å². The zero-order valence-corrected chi connectivity index (χ0v) is 9.74. The molecule has 0 heterocycles. The van der Waals surface area contributed by atoms with Gasteiger partial charge in [0.25, 0.3) is 0 Å². The van der Waals surface area contributed by atoms with Crippen molar-refractivity contribution in [2.24, 2.45) is 0 Å². The maximum Gasteiger partial charge on any atom is 0.0431 e. The van der Waals surface area contributed by atoms with E-state index in [1.807, 2.05) is 0 Å². The number of benzene rings is 1. The largest absolute Gasteiger partial charge is 0.396 e. The molecule has 0 amide bonds. The first-order valence-electron chi connectivity index (χ1n) is 5.62. The minimum absolute atomic E-state index is 0.314. The highest BCUT2D eigenvalue weighted by atomic mass is 16.2. The fraction of sp³-hybridized carbons (Fsp3) is 0.538. The number of hydrogen-bond acceptors (Lipinski definition) is 2. The van der Waals surface area contributed by atoms with E-state index in [1.54, 1.807) is 0 Å². The Kier molecular flexibility index (Phi) is 5.19. The number of hydrogen-bond donors (Lipinski definition) is 1. The summed E-state index contributed by atoms with van der Waals surface area (Å²) in [6.07, 6.45) is 3.17. The number of nitrogens with zero attached hydrogens (tertiary/aromatic N) is 1. The van der Waals surface area contributed by atoms with Gasteiger partial charge in [0.1, 0.15) is 0 Å². The van der Waals surface area contributed by atoms with Crippen LogP contribution < -0.4 is 4.90 Å².